The van der Waals surface area contributed by atoms with Gasteiger partial charge in [0.15, 0.2) is 11.0 Å². The van der Waals surface area contributed by atoms with Crippen LogP contribution in [0.3, 0.4) is 0 Å². The molecule has 6 nitrogen and oxygen atoms in total. The largest absolute Gasteiger partial charge is 0.481 e. The molecular weight excluding hydrogens is 254 g/mol. The number of aliphatic hydroxyl groups excluding tert-OH is 1. The molecule has 102 valence electrons. The smallest absolute Gasteiger partial charge is 0.313 e. The fourth-order valence-electron chi connectivity index (χ4n) is 1.71. The van der Waals surface area contributed by atoms with Crippen LogP contribution in [-0.4, -0.2) is 36.7 Å². The van der Waals surface area contributed by atoms with Gasteiger partial charge in [0.2, 0.25) is 0 Å². The molecule has 0 saturated carbocycles. The van der Waals surface area contributed by atoms with E-state index in [9.17, 15) is 9.90 Å². The Kier molecular flexibility index (Phi) is 6.14. The van der Waals surface area contributed by atoms with Crippen molar-refractivity contribution >= 4 is 17.7 Å². The number of hydrogen-bond acceptors (Lipinski definition) is 5. The fourth-order valence-corrected chi connectivity index (χ4v) is 2.49. The SMILES string of the molecule is CCCCC(C)n1c(CO)nnc1SCC(=O)O. The number of carboxylic acid groups (broad SMARTS) is 1. The highest BCUT2D eigenvalue weighted by atomic mass is 32.2. The standard InChI is InChI=1S/C11H19N3O3S/c1-3-4-5-8(2)14-9(6-15)12-13-11(14)18-7-10(16)17/h8,15H,3-7H2,1-2H3,(H,16,17). The molecule has 0 aliphatic carbocycles. The number of aliphatic hydroxyl groups is 1. The molecule has 0 radical (unpaired) electrons. The minimum Gasteiger partial charge on any atom is -0.481 e. The molecule has 1 atom stereocenters. The lowest BCUT2D eigenvalue weighted by molar-refractivity contribution is -0.133. The van der Waals surface area contributed by atoms with E-state index in [4.69, 9.17) is 5.11 Å². The van der Waals surface area contributed by atoms with Gasteiger partial charge in [0, 0.05) is 6.04 Å². The minimum absolute atomic E-state index is 0.0515. The van der Waals surface area contributed by atoms with Crippen LogP contribution in [0.1, 0.15) is 45.0 Å². The topological polar surface area (TPSA) is 88.2 Å². The van der Waals surface area contributed by atoms with Gasteiger partial charge in [0.1, 0.15) is 6.61 Å². The van der Waals surface area contributed by atoms with Crippen molar-refractivity contribution in [3.05, 3.63) is 5.82 Å². The average molecular weight is 273 g/mol. The van der Waals surface area contributed by atoms with Gasteiger partial charge in [-0.3, -0.25) is 4.79 Å². The first kappa shape index (κ1) is 15.0. The van der Waals surface area contributed by atoms with Crippen molar-refractivity contribution in [2.45, 2.75) is 50.9 Å². The lowest BCUT2D eigenvalue weighted by atomic mass is 10.1. The molecule has 0 aliphatic rings. The molecule has 0 saturated heterocycles. The maximum absolute atomic E-state index is 10.6. The predicted octanol–water partition coefficient (Wildman–Crippen LogP) is 1.70. The summed E-state index contributed by atoms with van der Waals surface area (Å²) in [6.07, 6.45) is 3.13. The van der Waals surface area contributed by atoms with E-state index in [1.807, 2.05) is 11.5 Å². The van der Waals surface area contributed by atoms with Crippen LogP contribution in [0.4, 0.5) is 0 Å². The van der Waals surface area contributed by atoms with Gasteiger partial charge in [-0.1, -0.05) is 31.5 Å². The second-order valence-electron chi connectivity index (χ2n) is 4.10. The Hall–Kier alpha value is -1.08. The van der Waals surface area contributed by atoms with Gasteiger partial charge < -0.3 is 14.8 Å². The lowest BCUT2D eigenvalue weighted by Crippen LogP contribution is -2.11. The summed E-state index contributed by atoms with van der Waals surface area (Å²) in [5, 5.41) is 26.3. The van der Waals surface area contributed by atoms with E-state index in [0.29, 0.717) is 11.0 Å². The molecule has 0 spiro atoms. The highest BCUT2D eigenvalue weighted by Crippen LogP contribution is 2.24. The number of hydrogen-bond donors (Lipinski definition) is 2. The number of aliphatic carboxylic acids is 1. The highest BCUT2D eigenvalue weighted by Gasteiger charge is 2.17. The summed E-state index contributed by atoms with van der Waals surface area (Å²) in [4.78, 5) is 10.6. The molecule has 0 fully saturated rings. The zero-order chi connectivity index (χ0) is 13.5. The van der Waals surface area contributed by atoms with E-state index >= 15 is 0 Å². The third-order valence-corrected chi connectivity index (χ3v) is 3.55. The zero-order valence-electron chi connectivity index (χ0n) is 10.7. The van der Waals surface area contributed by atoms with Crippen LogP contribution in [-0.2, 0) is 11.4 Å². The van der Waals surface area contributed by atoms with Gasteiger partial charge in [-0.2, -0.15) is 0 Å². The number of aromatic nitrogens is 3. The first-order valence-electron chi connectivity index (χ1n) is 5.99. The van der Waals surface area contributed by atoms with Crippen LogP contribution in [0.15, 0.2) is 5.16 Å². The van der Waals surface area contributed by atoms with Crippen LogP contribution >= 0.6 is 11.8 Å². The van der Waals surface area contributed by atoms with Gasteiger partial charge in [0.25, 0.3) is 0 Å². The van der Waals surface area contributed by atoms with E-state index < -0.39 is 5.97 Å². The van der Waals surface area contributed by atoms with E-state index in [1.54, 1.807) is 0 Å². The first-order valence-corrected chi connectivity index (χ1v) is 6.97. The molecule has 1 aromatic heterocycles. The second kappa shape index (κ2) is 7.38. The third-order valence-electron chi connectivity index (χ3n) is 2.62. The maximum Gasteiger partial charge on any atom is 0.313 e. The summed E-state index contributed by atoms with van der Waals surface area (Å²) in [5.41, 5.74) is 0. The van der Waals surface area contributed by atoms with Gasteiger partial charge in [-0.05, 0) is 13.3 Å². The van der Waals surface area contributed by atoms with Crippen molar-refractivity contribution in [3.8, 4) is 0 Å². The molecule has 7 heteroatoms. The molecule has 1 aromatic rings. The molecule has 1 heterocycles. The molecule has 0 aromatic carbocycles. The predicted molar refractivity (Wildman–Crippen MR) is 68.5 cm³/mol. The summed E-state index contributed by atoms with van der Waals surface area (Å²) in [6, 6.07) is 0.165. The Balaban J connectivity index is 2.83. The monoisotopic (exact) mass is 273 g/mol. The minimum atomic E-state index is -0.888. The quantitative estimate of drug-likeness (QED) is 0.701. The second-order valence-corrected chi connectivity index (χ2v) is 5.04. The summed E-state index contributed by atoms with van der Waals surface area (Å²) < 4.78 is 1.84. The lowest BCUT2D eigenvalue weighted by Gasteiger charge is -2.16. The van der Waals surface area contributed by atoms with Crippen molar-refractivity contribution in [2.24, 2.45) is 0 Å². The van der Waals surface area contributed by atoms with Gasteiger partial charge >= 0.3 is 5.97 Å². The number of rotatable bonds is 8. The Bertz CT molecular complexity index is 395. The van der Waals surface area contributed by atoms with Crippen LogP contribution in [0.25, 0.3) is 0 Å². The Morgan fingerprint density at radius 3 is 2.78 bits per heavy atom. The van der Waals surface area contributed by atoms with E-state index in [-0.39, 0.29) is 18.4 Å². The molecule has 0 bridgehead atoms. The molecular formula is C11H19N3O3S. The summed E-state index contributed by atoms with van der Waals surface area (Å²) >= 11 is 1.13. The van der Waals surface area contributed by atoms with Crippen molar-refractivity contribution < 1.29 is 15.0 Å². The molecule has 1 unspecified atom stereocenters. The Morgan fingerprint density at radius 1 is 1.50 bits per heavy atom. The third kappa shape index (κ3) is 3.99. The highest BCUT2D eigenvalue weighted by molar-refractivity contribution is 7.99. The normalized spacial score (nSPS) is 12.6. The maximum atomic E-state index is 10.6. The fraction of sp³-hybridized carbons (Fsp3) is 0.727. The van der Waals surface area contributed by atoms with Crippen LogP contribution in [0.5, 0.6) is 0 Å². The summed E-state index contributed by atoms with van der Waals surface area (Å²) in [6.45, 7) is 3.96. The number of nitrogens with zero attached hydrogens (tertiary/aromatic N) is 3. The van der Waals surface area contributed by atoms with Crippen molar-refractivity contribution in [3.63, 3.8) is 0 Å². The molecule has 0 amide bonds. The van der Waals surface area contributed by atoms with Crippen LogP contribution in [0.2, 0.25) is 0 Å². The van der Waals surface area contributed by atoms with Crippen molar-refractivity contribution in [1.29, 1.82) is 0 Å². The molecule has 1 rings (SSSR count). The molecule has 18 heavy (non-hydrogen) atoms. The Labute approximate surface area is 110 Å². The Morgan fingerprint density at radius 2 is 2.22 bits per heavy atom. The molecule has 0 aliphatic heterocycles. The van der Waals surface area contributed by atoms with E-state index in [1.165, 1.54) is 0 Å². The van der Waals surface area contributed by atoms with Crippen molar-refractivity contribution in [2.75, 3.05) is 5.75 Å². The number of carbonyl (C=O) groups is 1. The average Bonchev–Trinajstić information content (AvgIpc) is 2.76. The van der Waals surface area contributed by atoms with E-state index in [0.717, 1.165) is 31.0 Å². The molecule has 2 N–H and O–H groups in total. The van der Waals surface area contributed by atoms with Crippen molar-refractivity contribution in [1.82, 2.24) is 14.8 Å². The summed E-state index contributed by atoms with van der Waals surface area (Å²) in [5.74, 6) is -0.447. The van der Waals surface area contributed by atoms with Gasteiger partial charge in [0.05, 0.1) is 5.75 Å². The van der Waals surface area contributed by atoms with Gasteiger partial charge in [-0.25, -0.2) is 0 Å². The van der Waals surface area contributed by atoms with Crippen LogP contribution in [0, 0.1) is 0 Å². The zero-order valence-corrected chi connectivity index (χ0v) is 11.5. The van der Waals surface area contributed by atoms with Crippen LogP contribution < -0.4 is 0 Å². The number of thioether (sulfide) groups is 1. The summed E-state index contributed by atoms with van der Waals surface area (Å²) in [7, 11) is 0. The number of carboxylic acids is 1. The van der Waals surface area contributed by atoms with E-state index in [2.05, 4.69) is 17.1 Å². The number of unbranched alkanes of at least 4 members (excludes halogenated alkanes) is 1. The van der Waals surface area contributed by atoms with Gasteiger partial charge in [-0.15, -0.1) is 10.2 Å². The first-order chi connectivity index (χ1) is 8.60.